The molecule has 1 aromatic carbocycles. The van der Waals surface area contributed by atoms with Crippen molar-refractivity contribution in [2.75, 3.05) is 0 Å². The van der Waals surface area contributed by atoms with Crippen LogP contribution in [-0.2, 0) is 13.1 Å². The van der Waals surface area contributed by atoms with Crippen LogP contribution < -0.4 is 11.1 Å². The average Bonchev–Trinajstić information content (AvgIpc) is 2.77. The molecule has 0 radical (unpaired) electrons. The molecule has 0 saturated carbocycles. The number of rotatable bonds is 5. The average molecular weight is 260 g/mol. The Labute approximate surface area is 111 Å². The Balaban J connectivity index is 1.94. The second-order valence-corrected chi connectivity index (χ2v) is 4.34. The lowest BCUT2D eigenvalue weighted by atomic mass is 10.0. The lowest BCUT2D eigenvalue weighted by Gasteiger charge is -2.07. The van der Waals surface area contributed by atoms with Gasteiger partial charge in [-0.1, -0.05) is 11.2 Å². The number of nitrogens with two attached hydrogens (primary N) is 1. The fraction of sp³-hybridized carbons (Fsp3) is 0.308. The summed E-state index contributed by atoms with van der Waals surface area (Å²) in [4.78, 5) is 15.1. The molecule has 100 valence electrons. The van der Waals surface area contributed by atoms with Crippen molar-refractivity contribution in [3.8, 4) is 0 Å². The van der Waals surface area contributed by atoms with Crippen molar-refractivity contribution < 1.29 is 9.32 Å². The Morgan fingerprint density at radius 1 is 1.37 bits per heavy atom. The minimum atomic E-state index is -0.412. The van der Waals surface area contributed by atoms with Crippen LogP contribution in [0.3, 0.4) is 0 Å². The highest BCUT2D eigenvalue weighted by atomic mass is 16.5. The minimum Gasteiger partial charge on any atom is -0.366 e. The molecule has 0 aliphatic heterocycles. The van der Waals surface area contributed by atoms with Crippen molar-refractivity contribution in [1.82, 2.24) is 15.5 Å². The number of primary amides is 1. The van der Waals surface area contributed by atoms with Crippen LogP contribution in [0.25, 0.3) is 0 Å². The maximum Gasteiger partial charge on any atom is 0.248 e. The van der Waals surface area contributed by atoms with Gasteiger partial charge in [0.05, 0.1) is 6.54 Å². The number of benzene rings is 1. The number of aromatic nitrogens is 2. The third kappa shape index (κ3) is 3.38. The molecule has 0 unspecified atom stereocenters. The van der Waals surface area contributed by atoms with Gasteiger partial charge in [-0.25, -0.2) is 0 Å². The molecule has 1 heterocycles. The van der Waals surface area contributed by atoms with E-state index in [0.29, 0.717) is 30.4 Å². The molecule has 19 heavy (non-hydrogen) atoms. The summed E-state index contributed by atoms with van der Waals surface area (Å²) in [6.45, 7) is 4.90. The van der Waals surface area contributed by atoms with E-state index in [0.717, 1.165) is 11.1 Å². The molecule has 0 spiro atoms. The first-order valence-corrected chi connectivity index (χ1v) is 5.95. The highest BCUT2D eigenvalue weighted by molar-refractivity contribution is 5.93. The standard InChI is InChI=1S/C13H16N4O2/c1-8-5-10(13(14)18)3-4-11(8)6-15-7-12-16-9(2)19-17-12/h3-5,15H,6-7H2,1-2H3,(H2,14,18). The molecule has 0 atom stereocenters. The largest absolute Gasteiger partial charge is 0.366 e. The van der Waals surface area contributed by atoms with Crippen LogP contribution in [0.4, 0.5) is 0 Å². The molecule has 0 bridgehead atoms. The Kier molecular flexibility index (Phi) is 3.91. The number of aryl methyl sites for hydroxylation is 2. The molecule has 1 aromatic heterocycles. The Hall–Kier alpha value is -2.21. The van der Waals surface area contributed by atoms with Gasteiger partial charge in [0.1, 0.15) is 0 Å². The topological polar surface area (TPSA) is 94.0 Å². The van der Waals surface area contributed by atoms with E-state index in [1.807, 2.05) is 13.0 Å². The maximum absolute atomic E-state index is 11.0. The molecule has 1 amide bonds. The Bertz CT molecular complexity index is 592. The summed E-state index contributed by atoms with van der Waals surface area (Å²) in [5.74, 6) is 0.771. The summed E-state index contributed by atoms with van der Waals surface area (Å²) in [6, 6.07) is 5.41. The monoisotopic (exact) mass is 260 g/mol. The van der Waals surface area contributed by atoms with Crippen LogP contribution in [0.5, 0.6) is 0 Å². The highest BCUT2D eigenvalue weighted by Gasteiger charge is 2.05. The molecular weight excluding hydrogens is 244 g/mol. The summed E-state index contributed by atoms with van der Waals surface area (Å²) in [6.07, 6.45) is 0. The van der Waals surface area contributed by atoms with Crippen LogP contribution in [0.1, 0.15) is 33.2 Å². The van der Waals surface area contributed by atoms with Gasteiger partial charge in [0, 0.05) is 19.0 Å². The fourth-order valence-electron chi connectivity index (χ4n) is 1.77. The maximum atomic E-state index is 11.0. The molecule has 0 fully saturated rings. The molecule has 6 heteroatoms. The fourth-order valence-corrected chi connectivity index (χ4v) is 1.77. The quantitative estimate of drug-likeness (QED) is 0.838. The van der Waals surface area contributed by atoms with Crippen molar-refractivity contribution in [2.45, 2.75) is 26.9 Å². The summed E-state index contributed by atoms with van der Waals surface area (Å²) in [7, 11) is 0. The SMILES string of the molecule is Cc1nc(CNCc2ccc(C(N)=O)cc2C)no1. The van der Waals surface area contributed by atoms with Crippen molar-refractivity contribution in [1.29, 1.82) is 0 Å². The molecule has 2 rings (SSSR count). The van der Waals surface area contributed by atoms with E-state index in [9.17, 15) is 4.79 Å². The van der Waals surface area contributed by atoms with Crippen LogP contribution in [-0.4, -0.2) is 16.0 Å². The van der Waals surface area contributed by atoms with Gasteiger partial charge >= 0.3 is 0 Å². The molecule has 6 nitrogen and oxygen atoms in total. The van der Waals surface area contributed by atoms with Gasteiger partial charge in [0.2, 0.25) is 11.8 Å². The number of nitrogens with zero attached hydrogens (tertiary/aromatic N) is 2. The second kappa shape index (κ2) is 5.62. The van der Waals surface area contributed by atoms with E-state index in [4.69, 9.17) is 10.3 Å². The van der Waals surface area contributed by atoms with E-state index < -0.39 is 5.91 Å². The van der Waals surface area contributed by atoms with Crippen molar-refractivity contribution >= 4 is 5.91 Å². The number of carbonyl (C=O) groups is 1. The number of hydrogen-bond acceptors (Lipinski definition) is 5. The van der Waals surface area contributed by atoms with Gasteiger partial charge in [0.15, 0.2) is 5.82 Å². The van der Waals surface area contributed by atoms with Crippen LogP contribution >= 0.6 is 0 Å². The molecule has 2 aromatic rings. The predicted molar refractivity (Wildman–Crippen MR) is 69.3 cm³/mol. The third-order valence-electron chi connectivity index (χ3n) is 2.80. The molecular formula is C13H16N4O2. The van der Waals surface area contributed by atoms with Crippen molar-refractivity contribution in [3.63, 3.8) is 0 Å². The number of nitrogens with one attached hydrogen (secondary N) is 1. The van der Waals surface area contributed by atoms with E-state index in [1.54, 1.807) is 19.1 Å². The van der Waals surface area contributed by atoms with Crippen molar-refractivity contribution in [2.24, 2.45) is 5.73 Å². The summed E-state index contributed by atoms with van der Waals surface area (Å²) >= 11 is 0. The molecule has 0 aliphatic rings. The van der Waals surface area contributed by atoms with E-state index in [1.165, 1.54) is 0 Å². The minimum absolute atomic E-state index is 0.412. The molecule has 0 aliphatic carbocycles. The van der Waals surface area contributed by atoms with Gasteiger partial charge < -0.3 is 15.6 Å². The van der Waals surface area contributed by atoms with Crippen LogP contribution in [0.15, 0.2) is 22.7 Å². The van der Waals surface area contributed by atoms with Gasteiger partial charge in [0.25, 0.3) is 0 Å². The lowest BCUT2D eigenvalue weighted by molar-refractivity contribution is 0.1000. The van der Waals surface area contributed by atoms with Gasteiger partial charge in [-0.05, 0) is 30.2 Å². The zero-order chi connectivity index (χ0) is 13.8. The van der Waals surface area contributed by atoms with Crippen LogP contribution in [0, 0.1) is 13.8 Å². The smallest absolute Gasteiger partial charge is 0.248 e. The first-order chi connectivity index (χ1) is 9.06. The zero-order valence-electron chi connectivity index (χ0n) is 10.9. The number of amides is 1. The lowest BCUT2D eigenvalue weighted by Crippen LogP contribution is -2.16. The van der Waals surface area contributed by atoms with Gasteiger partial charge in [-0.15, -0.1) is 0 Å². The number of hydrogen-bond donors (Lipinski definition) is 2. The van der Waals surface area contributed by atoms with Crippen LogP contribution in [0.2, 0.25) is 0 Å². The normalized spacial score (nSPS) is 10.6. The van der Waals surface area contributed by atoms with E-state index in [2.05, 4.69) is 15.5 Å². The summed E-state index contributed by atoms with van der Waals surface area (Å²) < 4.78 is 4.88. The second-order valence-electron chi connectivity index (χ2n) is 4.34. The third-order valence-corrected chi connectivity index (χ3v) is 2.80. The molecule has 3 N–H and O–H groups in total. The first kappa shape index (κ1) is 13.2. The van der Waals surface area contributed by atoms with Crippen molar-refractivity contribution in [3.05, 3.63) is 46.6 Å². The molecule has 0 saturated heterocycles. The summed E-state index contributed by atoms with van der Waals surface area (Å²) in [5, 5.41) is 7.02. The zero-order valence-corrected chi connectivity index (χ0v) is 10.9. The van der Waals surface area contributed by atoms with Gasteiger partial charge in [-0.2, -0.15) is 4.98 Å². The Morgan fingerprint density at radius 2 is 2.16 bits per heavy atom. The first-order valence-electron chi connectivity index (χ1n) is 5.95. The number of carbonyl (C=O) groups excluding carboxylic acids is 1. The van der Waals surface area contributed by atoms with E-state index in [-0.39, 0.29) is 0 Å². The predicted octanol–water partition coefficient (Wildman–Crippen LogP) is 1.08. The highest BCUT2D eigenvalue weighted by Crippen LogP contribution is 2.10. The van der Waals surface area contributed by atoms with E-state index >= 15 is 0 Å². The summed E-state index contributed by atoms with van der Waals surface area (Å²) in [5.41, 5.74) is 7.88. The Morgan fingerprint density at radius 3 is 2.74 bits per heavy atom. The van der Waals surface area contributed by atoms with Gasteiger partial charge in [-0.3, -0.25) is 4.79 Å².